The largest absolute Gasteiger partial charge is 0.496 e. The van der Waals surface area contributed by atoms with E-state index in [0.717, 1.165) is 16.3 Å². The van der Waals surface area contributed by atoms with E-state index in [9.17, 15) is 9.59 Å². The fourth-order valence-electron chi connectivity index (χ4n) is 4.73. The maximum absolute atomic E-state index is 14.0. The molecule has 0 bridgehead atoms. The van der Waals surface area contributed by atoms with Crippen molar-refractivity contribution in [1.29, 1.82) is 0 Å². The summed E-state index contributed by atoms with van der Waals surface area (Å²) in [5.41, 5.74) is 2.04. The van der Waals surface area contributed by atoms with Crippen LogP contribution in [0.25, 0.3) is 16.8 Å². The van der Waals surface area contributed by atoms with E-state index in [-0.39, 0.29) is 12.2 Å². The van der Waals surface area contributed by atoms with Crippen LogP contribution in [0.4, 0.5) is 0 Å². The molecule has 0 saturated carbocycles. The molecule has 3 aromatic carbocycles. The fraction of sp³-hybridized carbons (Fsp3) is 0.207. The smallest absolute Gasteiger partial charge is 0.338 e. The Morgan fingerprint density at radius 2 is 1.76 bits per heavy atom. The Morgan fingerprint density at radius 3 is 2.51 bits per heavy atom. The maximum Gasteiger partial charge on any atom is 0.338 e. The molecule has 0 unspecified atom stereocenters. The van der Waals surface area contributed by atoms with Gasteiger partial charge in [0.15, 0.2) is 4.80 Å². The molecule has 0 N–H and O–H groups in total. The third-order valence-corrected chi connectivity index (χ3v) is 7.35. The number of hydrogen-bond donors (Lipinski definition) is 0. The molecule has 0 saturated heterocycles. The number of hydrogen-bond acceptors (Lipinski definition) is 7. The maximum atomic E-state index is 14.0. The number of carbonyl (C=O) groups excluding carboxylic acids is 1. The average molecular weight is 515 g/mol. The summed E-state index contributed by atoms with van der Waals surface area (Å²) in [6, 6.07) is 18.4. The van der Waals surface area contributed by atoms with E-state index in [2.05, 4.69) is 4.99 Å². The van der Waals surface area contributed by atoms with Gasteiger partial charge in [0, 0.05) is 11.1 Å². The van der Waals surface area contributed by atoms with Crippen LogP contribution < -0.4 is 24.4 Å². The lowest BCUT2D eigenvalue weighted by Crippen LogP contribution is -2.40. The van der Waals surface area contributed by atoms with Gasteiger partial charge >= 0.3 is 5.97 Å². The predicted octanol–water partition coefficient (Wildman–Crippen LogP) is 3.97. The Bertz CT molecular complexity index is 1730. The zero-order valence-corrected chi connectivity index (χ0v) is 21.8. The van der Waals surface area contributed by atoms with Crippen LogP contribution in [-0.4, -0.2) is 31.4 Å². The topological polar surface area (TPSA) is 79.1 Å². The van der Waals surface area contributed by atoms with E-state index >= 15 is 0 Å². The van der Waals surface area contributed by atoms with Crippen molar-refractivity contribution >= 4 is 34.2 Å². The molecular weight excluding hydrogens is 488 g/mol. The number of esters is 1. The minimum Gasteiger partial charge on any atom is -0.496 e. The van der Waals surface area contributed by atoms with E-state index in [1.165, 1.54) is 11.3 Å². The first-order chi connectivity index (χ1) is 18.0. The molecule has 2 heterocycles. The SMILES string of the molecule is CCOC(=O)C1=C(C)N=c2s/c(=C/c3ccccc3OC)c(=O)n2[C@@H]1c1c(OC)ccc2ccccc12. The molecule has 1 aliphatic heterocycles. The van der Waals surface area contributed by atoms with Crippen LogP contribution in [0.2, 0.25) is 0 Å². The van der Waals surface area contributed by atoms with Crippen LogP contribution in [0, 0.1) is 0 Å². The number of carbonyl (C=O) groups is 1. The number of para-hydroxylation sites is 1. The van der Waals surface area contributed by atoms with Gasteiger partial charge in [-0.25, -0.2) is 9.79 Å². The van der Waals surface area contributed by atoms with Crippen LogP contribution in [0.15, 0.2) is 81.7 Å². The number of thiazole rings is 1. The molecule has 188 valence electrons. The normalized spacial score (nSPS) is 15.4. The lowest BCUT2D eigenvalue weighted by atomic mass is 9.90. The molecule has 8 heteroatoms. The average Bonchev–Trinajstić information content (AvgIpc) is 3.21. The first kappa shape index (κ1) is 24.5. The van der Waals surface area contributed by atoms with Crippen molar-refractivity contribution in [2.45, 2.75) is 19.9 Å². The molecule has 37 heavy (non-hydrogen) atoms. The van der Waals surface area contributed by atoms with Gasteiger partial charge in [-0.2, -0.15) is 0 Å². The van der Waals surface area contributed by atoms with Gasteiger partial charge in [-0.15, -0.1) is 0 Å². The lowest BCUT2D eigenvalue weighted by molar-refractivity contribution is -0.139. The zero-order valence-electron chi connectivity index (χ0n) is 21.0. The van der Waals surface area contributed by atoms with Gasteiger partial charge in [-0.1, -0.05) is 59.9 Å². The lowest BCUT2D eigenvalue weighted by Gasteiger charge is -2.27. The van der Waals surface area contributed by atoms with Gasteiger partial charge in [0.25, 0.3) is 5.56 Å². The van der Waals surface area contributed by atoms with Crippen LogP contribution >= 0.6 is 11.3 Å². The van der Waals surface area contributed by atoms with E-state index < -0.39 is 12.0 Å². The summed E-state index contributed by atoms with van der Waals surface area (Å²) in [7, 11) is 3.18. The minimum atomic E-state index is -0.781. The highest BCUT2D eigenvalue weighted by molar-refractivity contribution is 7.07. The minimum absolute atomic E-state index is 0.202. The Kier molecular flexibility index (Phi) is 6.67. The summed E-state index contributed by atoms with van der Waals surface area (Å²) >= 11 is 1.27. The second-order valence-corrected chi connectivity index (χ2v) is 9.46. The molecule has 0 spiro atoms. The summed E-state index contributed by atoms with van der Waals surface area (Å²) in [6.07, 6.45) is 1.80. The van der Waals surface area contributed by atoms with Crippen molar-refractivity contribution in [2.24, 2.45) is 4.99 Å². The van der Waals surface area contributed by atoms with E-state index in [1.54, 1.807) is 38.7 Å². The highest BCUT2D eigenvalue weighted by Crippen LogP contribution is 2.40. The van der Waals surface area contributed by atoms with Gasteiger partial charge in [0.2, 0.25) is 0 Å². The summed E-state index contributed by atoms with van der Waals surface area (Å²) < 4.78 is 18.8. The number of rotatable bonds is 6. The van der Waals surface area contributed by atoms with Gasteiger partial charge in [-0.3, -0.25) is 9.36 Å². The summed E-state index contributed by atoms with van der Waals surface area (Å²) in [5.74, 6) is 0.714. The number of fused-ring (bicyclic) bond motifs is 2. The van der Waals surface area contributed by atoms with Crippen molar-refractivity contribution in [3.63, 3.8) is 0 Å². The summed E-state index contributed by atoms with van der Waals surface area (Å²) in [6.45, 7) is 3.73. The van der Waals surface area contributed by atoms with Crippen molar-refractivity contribution in [3.05, 3.63) is 103 Å². The number of methoxy groups -OCH3 is 2. The first-order valence-corrected chi connectivity index (χ1v) is 12.7. The molecular formula is C29H26N2O5S. The predicted molar refractivity (Wildman–Crippen MR) is 144 cm³/mol. The highest BCUT2D eigenvalue weighted by Gasteiger charge is 2.36. The van der Waals surface area contributed by atoms with Gasteiger partial charge < -0.3 is 14.2 Å². The number of aromatic nitrogens is 1. The van der Waals surface area contributed by atoms with Crippen molar-refractivity contribution in [3.8, 4) is 11.5 Å². The van der Waals surface area contributed by atoms with Crippen LogP contribution in [0.5, 0.6) is 11.5 Å². The first-order valence-electron chi connectivity index (χ1n) is 11.9. The van der Waals surface area contributed by atoms with E-state index in [1.807, 2.05) is 60.7 Å². The molecule has 0 amide bonds. The highest BCUT2D eigenvalue weighted by atomic mass is 32.1. The Hall–Kier alpha value is -4.17. The molecule has 1 atom stereocenters. The summed E-state index contributed by atoms with van der Waals surface area (Å²) in [4.78, 5) is 32.5. The second-order valence-electron chi connectivity index (χ2n) is 8.45. The van der Waals surface area contributed by atoms with Crippen LogP contribution in [0.3, 0.4) is 0 Å². The standard InChI is InChI=1S/C29H26N2O5S/c1-5-36-28(33)24-17(2)30-29-31(27(32)23(37-29)16-19-11-7-9-13-21(19)34-3)26(24)25-20-12-8-6-10-18(20)14-15-22(25)35-4/h6-16,26H,5H2,1-4H3/b23-16+/t26-/m0/s1. The van der Waals surface area contributed by atoms with Gasteiger partial charge in [0.1, 0.15) is 17.5 Å². The van der Waals surface area contributed by atoms with Crippen molar-refractivity contribution in [1.82, 2.24) is 4.57 Å². The molecule has 0 radical (unpaired) electrons. The third kappa shape index (κ3) is 4.23. The molecule has 7 nitrogen and oxygen atoms in total. The Balaban J connectivity index is 1.86. The van der Waals surface area contributed by atoms with Crippen molar-refractivity contribution in [2.75, 3.05) is 20.8 Å². The number of benzene rings is 3. The molecule has 0 fully saturated rings. The second kappa shape index (κ2) is 10.1. The Morgan fingerprint density at radius 1 is 1.03 bits per heavy atom. The number of ether oxygens (including phenoxy) is 3. The van der Waals surface area contributed by atoms with Crippen LogP contribution in [0.1, 0.15) is 31.0 Å². The quantitative estimate of drug-likeness (QED) is 0.364. The molecule has 1 aromatic heterocycles. The third-order valence-electron chi connectivity index (χ3n) is 6.37. The number of nitrogens with zero attached hydrogens (tertiary/aromatic N) is 2. The Labute approximate surface area is 217 Å². The van der Waals surface area contributed by atoms with Crippen LogP contribution in [-0.2, 0) is 9.53 Å². The monoisotopic (exact) mass is 514 g/mol. The number of allylic oxidation sites excluding steroid dienone is 1. The van der Waals surface area contributed by atoms with Gasteiger partial charge in [0.05, 0.1) is 36.6 Å². The fourth-order valence-corrected chi connectivity index (χ4v) is 5.76. The van der Waals surface area contributed by atoms with E-state index in [4.69, 9.17) is 14.2 Å². The van der Waals surface area contributed by atoms with E-state index in [0.29, 0.717) is 37.7 Å². The van der Waals surface area contributed by atoms with Crippen molar-refractivity contribution < 1.29 is 19.0 Å². The zero-order chi connectivity index (χ0) is 26.1. The van der Waals surface area contributed by atoms with Gasteiger partial charge in [-0.05, 0) is 42.8 Å². The molecule has 0 aliphatic carbocycles. The summed E-state index contributed by atoms with van der Waals surface area (Å²) in [5, 5.41) is 1.84. The molecule has 1 aliphatic rings. The molecule has 4 aromatic rings. The molecule has 5 rings (SSSR count).